The predicted molar refractivity (Wildman–Crippen MR) is 73.9 cm³/mol. The summed E-state index contributed by atoms with van der Waals surface area (Å²) in [6, 6.07) is 9.19. The topological polar surface area (TPSA) is 58.6 Å². The van der Waals surface area contributed by atoms with Crippen LogP contribution < -0.4 is 10.1 Å². The van der Waals surface area contributed by atoms with Crippen LogP contribution in [0.3, 0.4) is 0 Å². The number of carbonyl (C=O) groups is 1. The average molecular weight is 311 g/mol. The number of aryl methyl sites for hydroxylation is 1. The Bertz CT molecular complexity index is 681. The minimum absolute atomic E-state index is 0.0922. The van der Waals surface area contributed by atoms with E-state index in [-0.39, 0.29) is 17.0 Å². The lowest BCUT2D eigenvalue weighted by Crippen LogP contribution is -2.17. The lowest BCUT2D eigenvalue weighted by Gasteiger charge is -2.10. The first-order valence-electron chi connectivity index (χ1n) is 6.21. The first kappa shape index (κ1) is 15.7. The number of amides is 1. The van der Waals surface area contributed by atoms with Gasteiger partial charge in [-0.25, -0.2) is 0 Å². The number of phenolic OH excluding ortho intramolecular Hbond substituents is 1. The molecule has 0 aliphatic rings. The van der Waals surface area contributed by atoms with E-state index in [0.29, 0.717) is 0 Å². The van der Waals surface area contributed by atoms with E-state index in [2.05, 4.69) is 10.1 Å². The highest BCUT2D eigenvalue weighted by molar-refractivity contribution is 6.05. The number of aromatic hydroxyl groups is 1. The van der Waals surface area contributed by atoms with Gasteiger partial charge in [0.1, 0.15) is 11.5 Å². The SMILES string of the molecule is Cc1ccc(NC(=O)c2ccc(OC(F)(F)F)cc2)c(O)c1. The highest BCUT2D eigenvalue weighted by Crippen LogP contribution is 2.25. The van der Waals surface area contributed by atoms with Crippen LogP contribution in [0.4, 0.5) is 18.9 Å². The molecule has 0 unspecified atom stereocenters. The lowest BCUT2D eigenvalue weighted by atomic mass is 10.1. The van der Waals surface area contributed by atoms with E-state index < -0.39 is 18.0 Å². The summed E-state index contributed by atoms with van der Waals surface area (Å²) in [5, 5.41) is 12.2. The molecule has 1 amide bonds. The molecule has 0 aromatic heterocycles. The quantitative estimate of drug-likeness (QED) is 0.846. The van der Waals surface area contributed by atoms with Crippen molar-refractivity contribution >= 4 is 11.6 Å². The Balaban J connectivity index is 2.10. The number of nitrogens with one attached hydrogen (secondary N) is 1. The summed E-state index contributed by atoms with van der Waals surface area (Å²) in [6.45, 7) is 1.78. The van der Waals surface area contributed by atoms with Crippen LogP contribution in [-0.4, -0.2) is 17.4 Å². The summed E-state index contributed by atoms with van der Waals surface area (Å²) < 4.78 is 39.8. The van der Waals surface area contributed by atoms with Gasteiger partial charge in [-0.05, 0) is 48.9 Å². The molecule has 0 spiro atoms. The van der Waals surface area contributed by atoms with E-state index in [1.807, 2.05) is 0 Å². The van der Waals surface area contributed by atoms with Gasteiger partial charge < -0.3 is 15.2 Å². The van der Waals surface area contributed by atoms with Gasteiger partial charge in [-0.3, -0.25) is 4.79 Å². The Kier molecular flexibility index (Phi) is 4.25. The van der Waals surface area contributed by atoms with Gasteiger partial charge in [0.25, 0.3) is 5.91 Å². The molecule has 116 valence electrons. The molecule has 22 heavy (non-hydrogen) atoms. The fourth-order valence-electron chi connectivity index (χ4n) is 1.75. The van der Waals surface area contributed by atoms with Crippen LogP contribution in [0.2, 0.25) is 0 Å². The number of phenols is 1. The Morgan fingerprint density at radius 1 is 1.14 bits per heavy atom. The lowest BCUT2D eigenvalue weighted by molar-refractivity contribution is -0.274. The molecule has 0 atom stereocenters. The predicted octanol–water partition coefficient (Wildman–Crippen LogP) is 3.85. The number of alkyl halides is 3. The van der Waals surface area contributed by atoms with Gasteiger partial charge in [0.2, 0.25) is 0 Å². The molecular weight excluding hydrogens is 299 g/mol. The first-order valence-corrected chi connectivity index (χ1v) is 6.21. The number of benzene rings is 2. The maximum absolute atomic E-state index is 12.0. The molecule has 0 saturated heterocycles. The number of carbonyl (C=O) groups excluding carboxylic acids is 1. The van der Waals surface area contributed by atoms with E-state index >= 15 is 0 Å². The normalized spacial score (nSPS) is 11.1. The number of ether oxygens (including phenoxy) is 1. The molecule has 0 aliphatic carbocycles. The molecule has 4 nitrogen and oxygen atoms in total. The Labute approximate surface area is 124 Å². The molecule has 0 aliphatic heterocycles. The second kappa shape index (κ2) is 5.97. The third-order valence-corrected chi connectivity index (χ3v) is 2.75. The van der Waals surface area contributed by atoms with Gasteiger partial charge in [0, 0.05) is 5.56 Å². The molecule has 2 N–H and O–H groups in total. The molecule has 2 rings (SSSR count). The van der Waals surface area contributed by atoms with E-state index in [1.165, 1.54) is 24.3 Å². The van der Waals surface area contributed by atoms with Crippen molar-refractivity contribution in [3.63, 3.8) is 0 Å². The minimum atomic E-state index is -4.78. The van der Waals surface area contributed by atoms with E-state index in [9.17, 15) is 23.1 Å². The number of halogens is 3. The van der Waals surface area contributed by atoms with Crippen LogP contribution in [0.25, 0.3) is 0 Å². The molecule has 0 heterocycles. The van der Waals surface area contributed by atoms with Gasteiger partial charge in [0.05, 0.1) is 5.69 Å². The van der Waals surface area contributed by atoms with Crippen molar-refractivity contribution in [2.45, 2.75) is 13.3 Å². The fraction of sp³-hybridized carbons (Fsp3) is 0.133. The summed E-state index contributed by atoms with van der Waals surface area (Å²) in [6.07, 6.45) is -4.78. The maximum Gasteiger partial charge on any atom is 0.573 e. The van der Waals surface area contributed by atoms with Crippen LogP contribution in [0.1, 0.15) is 15.9 Å². The molecule has 2 aromatic carbocycles. The number of anilines is 1. The molecule has 2 aromatic rings. The first-order chi connectivity index (χ1) is 10.2. The van der Waals surface area contributed by atoms with E-state index in [4.69, 9.17) is 0 Å². The van der Waals surface area contributed by atoms with Gasteiger partial charge in [0.15, 0.2) is 0 Å². The maximum atomic E-state index is 12.0. The second-order valence-corrected chi connectivity index (χ2v) is 4.55. The number of hydrogen-bond acceptors (Lipinski definition) is 3. The third kappa shape index (κ3) is 4.15. The zero-order valence-electron chi connectivity index (χ0n) is 11.4. The van der Waals surface area contributed by atoms with Crippen molar-refractivity contribution < 1.29 is 27.8 Å². The summed E-state index contributed by atoms with van der Waals surface area (Å²) in [7, 11) is 0. The molecule has 7 heteroatoms. The smallest absolute Gasteiger partial charge is 0.506 e. The monoisotopic (exact) mass is 311 g/mol. The van der Waals surface area contributed by atoms with Crippen LogP contribution >= 0.6 is 0 Å². The van der Waals surface area contributed by atoms with Crippen molar-refractivity contribution in [2.75, 3.05) is 5.32 Å². The third-order valence-electron chi connectivity index (χ3n) is 2.75. The molecule has 0 bridgehead atoms. The second-order valence-electron chi connectivity index (χ2n) is 4.55. The Hall–Kier alpha value is -2.70. The molecule has 0 saturated carbocycles. The Morgan fingerprint density at radius 2 is 1.77 bits per heavy atom. The zero-order chi connectivity index (χ0) is 16.3. The van der Waals surface area contributed by atoms with Gasteiger partial charge in [-0.15, -0.1) is 13.2 Å². The standard InChI is InChI=1S/C15H12F3NO3/c1-9-2-7-12(13(20)8-9)19-14(21)10-3-5-11(6-4-10)22-15(16,17)18/h2-8,20H,1H3,(H,19,21). The largest absolute Gasteiger partial charge is 0.573 e. The minimum Gasteiger partial charge on any atom is -0.506 e. The van der Waals surface area contributed by atoms with Crippen LogP contribution in [0.15, 0.2) is 42.5 Å². The zero-order valence-corrected chi connectivity index (χ0v) is 11.4. The summed E-state index contributed by atoms with van der Waals surface area (Å²) >= 11 is 0. The highest BCUT2D eigenvalue weighted by atomic mass is 19.4. The summed E-state index contributed by atoms with van der Waals surface area (Å²) in [4.78, 5) is 12.0. The van der Waals surface area contributed by atoms with Crippen LogP contribution in [0.5, 0.6) is 11.5 Å². The molecule has 0 radical (unpaired) electrons. The van der Waals surface area contributed by atoms with Gasteiger partial charge >= 0.3 is 6.36 Å². The average Bonchev–Trinajstić information content (AvgIpc) is 2.41. The van der Waals surface area contributed by atoms with E-state index in [0.717, 1.165) is 17.7 Å². The molecule has 0 fully saturated rings. The van der Waals surface area contributed by atoms with Gasteiger partial charge in [-0.2, -0.15) is 0 Å². The number of rotatable bonds is 3. The van der Waals surface area contributed by atoms with Crippen molar-refractivity contribution in [1.29, 1.82) is 0 Å². The molecular formula is C15H12F3NO3. The van der Waals surface area contributed by atoms with Crippen molar-refractivity contribution in [3.05, 3.63) is 53.6 Å². The fourth-order valence-corrected chi connectivity index (χ4v) is 1.75. The highest BCUT2D eigenvalue weighted by Gasteiger charge is 2.31. The van der Waals surface area contributed by atoms with Crippen molar-refractivity contribution in [1.82, 2.24) is 0 Å². The number of hydrogen-bond donors (Lipinski definition) is 2. The summed E-state index contributed by atoms with van der Waals surface area (Å²) in [5.74, 6) is -1.06. The van der Waals surface area contributed by atoms with E-state index in [1.54, 1.807) is 13.0 Å². The van der Waals surface area contributed by atoms with Gasteiger partial charge in [-0.1, -0.05) is 6.07 Å². The van der Waals surface area contributed by atoms with Crippen molar-refractivity contribution in [3.8, 4) is 11.5 Å². The summed E-state index contributed by atoms with van der Waals surface area (Å²) in [5.41, 5.74) is 1.17. The van der Waals surface area contributed by atoms with Crippen LogP contribution in [0, 0.1) is 6.92 Å². The van der Waals surface area contributed by atoms with Crippen molar-refractivity contribution in [2.24, 2.45) is 0 Å². The Morgan fingerprint density at radius 3 is 2.32 bits per heavy atom. The van der Waals surface area contributed by atoms with Crippen LogP contribution in [-0.2, 0) is 0 Å².